The maximum absolute atomic E-state index is 5.28. The molecule has 0 unspecified atom stereocenters. The van der Waals surface area contributed by atoms with E-state index in [-0.39, 0.29) is 0 Å². The van der Waals surface area contributed by atoms with Crippen LogP contribution in [0.1, 0.15) is 0 Å². The summed E-state index contributed by atoms with van der Waals surface area (Å²) < 4.78 is 4.81. The number of rotatable bonds is 3. The Balaban J connectivity index is 1.29. The molecule has 4 nitrogen and oxygen atoms in total. The lowest BCUT2D eigenvalue weighted by molar-refractivity contribution is 1.19. The Hall–Kier alpha value is -7.04. The highest BCUT2D eigenvalue weighted by atomic mass is 15.0. The zero-order valence-electron chi connectivity index (χ0n) is 28.0. The molecule has 8 aromatic carbocycles. The minimum atomic E-state index is 0.892. The second kappa shape index (κ2) is 10.3. The quantitative estimate of drug-likeness (QED) is 0.189. The first-order valence-corrected chi connectivity index (χ1v) is 17.8. The molecule has 0 aliphatic rings. The molecule has 0 saturated heterocycles. The Labute approximate surface area is 297 Å². The van der Waals surface area contributed by atoms with Crippen molar-refractivity contribution in [2.45, 2.75) is 0 Å². The second-order valence-corrected chi connectivity index (χ2v) is 13.8. The standard InChI is InChI=1S/C48H28N4/c1-3-13-29(14-4-1)31-23-24-36-43(25-31)51(44-28-37(30-15-5-2-6-16-30)33-17-7-8-19-35(33)45(36)44)32-26-38-34-18-9-12-22-42(34)52-47(38)39(27-32)46-48(52)50-41-21-11-10-20-40(41)49-46/h1-28H. The van der Waals surface area contributed by atoms with Crippen LogP contribution in [0.3, 0.4) is 0 Å². The smallest absolute Gasteiger partial charge is 0.165 e. The van der Waals surface area contributed by atoms with Gasteiger partial charge in [0.05, 0.1) is 33.1 Å². The van der Waals surface area contributed by atoms with Crippen LogP contribution in [0.5, 0.6) is 0 Å². The van der Waals surface area contributed by atoms with Gasteiger partial charge < -0.3 is 4.57 Å². The Kier molecular flexibility index (Phi) is 5.47. The van der Waals surface area contributed by atoms with E-state index in [1.165, 1.54) is 65.6 Å². The van der Waals surface area contributed by atoms with E-state index in [0.717, 1.165) is 44.3 Å². The van der Waals surface area contributed by atoms with E-state index in [2.05, 4.69) is 167 Å². The summed E-state index contributed by atoms with van der Waals surface area (Å²) in [4.78, 5) is 10.5. The molecular formula is C48H28N4. The summed E-state index contributed by atoms with van der Waals surface area (Å²) in [6, 6.07) is 61.3. The van der Waals surface area contributed by atoms with E-state index >= 15 is 0 Å². The van der Waals surface area contributed by atoms with Crippen LogP contribution in [-0.4, -0.2) is 18.9 Å². The minimum absolute atomic E-state index is 0.892. The molecule has 0 radical (unpaired) electrons. The van der Waals surface area contributed by atoms with Crippen LogP contribution in [0.15, 0.2) is 170 Å². The molecule has 4 heterocycles. The first-order chi connectivity index (χ1) is 25.8. The van der Waals surface area contributed by atoms with Crippen molar-refractivity contribution >= 4 is 82.0 Å². The van der Waals surface area contributed by atoms with Crippen LogP contribution in [-0.2, 0) is 0 Å². The van der Waals surface area contributed by atoms with Gasteiger partial charge >= 0.3 is 0 Å². The van der Waals surface area contributed by atoms with Gasteiger partial charge in [0.2, 0.25) is 0 Å². The van der Waals surface area contributed by atoms with E-state index in [4.69, 9.17) is 9.97 Å². The number of aromatic nitrogens is 4. The number of benzene rings is 8. The highest BCUT2D eigenvalue weighted by molar-refractivity contribution is 6.26. The average molecular weight is 661 g/mol. The molecule has 0 saturated carbocycles. The van der Waals surface area contributed by atoms with Crippen molar-refractivity contribution in [1.29, 1.82) is 0 Å². The molecule has 4 aromatic heterocycles. The predicted molar refractivity (Wildman–Crippen MR) is 217 cm³/mol. The first-order valence-electron chi connectivity index (χ1n) is 17.8. The average Bonchev–Trinajstić information content (AvgIpc) is 3.84. The summed E-state index contributed by atoms with van der Waals surface area (Å²) in [5.41, 5.74) is 14.2. The Morgan fingerprint density at radius 1 is 0.385 bits per heavy atom. The number of hydrogen-bond donors (Lipinski definition) is 0. The van der Waals surface area contributed by atoms with Crippen molar-refractivity contribution in [2.24, 2.45) is 0 Å². The summed E-state index contributed by atoms with van der Waals surface area (Å²) in [6.45, 7) is 0. The topological polar surface area (TPSA) is 35.1 Å². The van der Waals surface area contributed by atoms with E-state index < -0.39 is 0 Å². The van der Waals surface area contributed by atoms with Crippen molar-refractivity contribution < 1.29 is 0 Å². The fraction of sp³-hybridized carbons (Fsp3) is 0. The highest BCUT2D eigenvalue weighted by Gasteiger charge is 2.24. The lowest BCUT2D eigenvalue weighted by atomic mass is 9.94. The number of fused-ring (bicyclic) bond motifs is 12. The largest absolute Gasteiger partial charge is 0.309 e. The molecule has 240 valence electrons. The molecule has 12 aromatic rings. The fourth-order valence-corrected chi connectivity index (χ4v) is 8.76. The molecule has 4 heteroatoms. The van der Waals surface area contributed by atoms with Crippen LogP contribution < -0.4 is 0 Å². The van der Waals surface area contributed by atoms with Crippen molar-refractivity contribution in [2.75, 3.05) is 0 Å². The maximum atomic E-state index is 5.28. The Morgan fingerprint density at radius 2 is 1.04 bits per heavy atom. The van der Waals surface area contributed by atoms with Crippen LogP contribution in [0.4, 0.5) is 0 Å². The van der Waals surface area contributed by atoms with E-state index in [1.807, 2.05) is 12.1 Å². The molecule has 0 bridgehead atoms. The van der Waals surface area contributed by atoms with Crippen LogP contribution in [0.2, 0.25) is 0 Å². The molecule has 0 aliphatic heterocycles. The molecule has 0 N–H and O–H groups in total. The SMILES string of the molecule is c1ccc(-c2ccc3c4c5ccccc5c(-c5ccccc5)cc4n(-c4cc5c6ccccc6n6c7nc8ccccc8nc7c(c4)c56)c3c2)cc1. The molecular weight excluding hydrogens is 633 g/mol. The predicted octanol–water partition coefficient (Wildman–Crippen LogP) is 12.4. The van der Waals surface area contributed by atoms with Crippen LogP contribution in [0, 0.1) is 0 Å². The van der Waals surface area contributed by atoms with Crippen molar-refractivity contribution in [3.8, 4) is 27.9 Å². The molecule has 0 atom stereocenters. The summed E-state index contributed by atoms with van der Waals surface area (Å²) in [6.07, 6.45) is 0. The molecule has 12 rings (SSSR count). The monoisotopic (exact) mass is 660 g/mol. The molecule has 0 aliphatic carbocycles. The Bertz CT molecular complexity index is 3390. The summed E-state index contributed by atoms with van der Waals surface area (Å²) in [5, 5.41) is 8.51. The summed E-state index contributed by atoms with van der Waals surface area (Å²) in [7, 11) is 0. The van der Waals surface area contributed by atoms with Crippen molar-refractivity contribution in [3.63, 3.8) is 0 Å². The van der Waals surface area contributed by atoms with Gasteiger partial charge in [-0.2, -0.15) is 0 Å². The molecule has 0 fully saturated rings. The molecule has 0 amide bonds. The van der Waals surface area contributed by atoms with E-state index in [0.29, 0.717) is 0 Å². The zero-order chi connectivity index (χ0) is 33.9. The van der Waals surface area contributed by atoms with Gasteiger partial charge in [0.25, 0.3) is 0 Å². The van der Waals surface area contributed by atoms with Gasteiger partial charge in [-0.3, -0.25) is 4.40 Å². The van der Waals surface area contributed by atoms with Gasteiger partial charge in [0, 0.05) is 32.6 Å². The third kappa shape index (κ3) is 3.70. The second-order valence-electron chi connectivity index (χ2n) is 13.8. The summed E-state index contributed by atoms with van der Waals surface area (Å²) in [5.74, 6) is 0. The normalized spacial score (nSPS) is 12.2. The number of nitrogens with zero attached hydrogens (tertiary/aromatic N) is 4. The Morgan fingerprint density at radius 3 is 1.85 bits per heavy atom. The number of hydrogen-bond acceptors (Lipinski definition) is 2. The fourth-order valence-electron chi connectivity index (χ4n) is 8.76. The maximum Gasteiger partial charge on any atom is 0.165 e. The van der Waals surface area contributed by atoms with E-state index in [9.17, 15) is 0 Å². The van der Waals surface area contributed by atoms with Gasteiger partial charge in [0.1, 0.15) is 5.52 Å². The minimum Gasteiger partial charge on any atom is -0.309 e. The third-order valence-electron chi connectivity index (χ3n) is 11.0. The first kappa shape index (κ1) is 27.7. The lowest BCUT2D eigenvalue weighted by Gasteiger charge is -2.13. The van der Waals surface area contributed by atoms with Gasteiger partial charge in [-0.15, -0.1) is 0 Å². The van der Waals surface area contributed by atoms with Gasteiger partial charge in [-0.1, -0.05) is 127 Å². The van der Waals surface area contributed by atoms with E-state index in [1.54, 1.807) is 0 Å². The van der Waals surface area contributed by atoms with Gasteiger partial charge in [-0.05, 0) is 75.5 Å². The molecule has 52 heavy (non-hydrogen) atoms. The highest BCUT2D eigenvalue weighted by Crippen LogP contribution is 2.45. The zero-order valence-corrected chi connectivity index (χ0v) is 28.0. The van der Waals surface area contributed by atoms with Crippen molar-refractivity contribution in [3.05, 3.63) is 170 Å². The summed E-state index contributed by atoms with van der Waals surface area (Å²) >= 11 is 0. The third-order valence-corrected chi connectivity index (χ3v) is 11.0. The lowest BCUT2D eigenvalue weighted by Crippen LogP contribution is -1.95. The number of para-hydroxylation sites is 3. The van der Waals surface area contributed by atoms with Gasteiger partial charge in [0.15, 0.2) is 5.65 Å². The molecule has 0 spiro atoms. The van der Waals surface area contributed by atoms with Crippen LogP contribution in [0.25, 0.3) is 110 Å². The van der Waals surface area contributed by atoms with Gasteiger partial charge in [-0.25, -0.2) is 9.97 Å². The van der Waals surface area contributed by atoms with Crippen molar-refractivity contribution in [1.82, 2.24) is 18.9 Å². The van der Waals surface area contributed by atoms with Crippen LogP contribution >= 0.6 is 0 Å².